The van der Waals surface area contributed by atoms with Crippen LogP contribution in [0.4, 0.5) is 0 Å². The predicted molar refractivity (Wildman–Crippen MR) is 240 cm³/mol. The summed E-state index contributed by atoms with van der Waals surface area (Å²) >= 11 is 0. The molecule has 58 heavy (non-hydrogen) atoms. The van der Waals surface area contributed by atoms with Crippen LogP contribution >= 0.6 is 0 Å². The third kappa shape index (κ3) is 30.0. The highest BCUT2D eigenvalue weighted by molar-refractivity contribution is 5.76. The largest absolute Gasteiger partial charge is 0.394 e. The second kappa shape index (κ2) is 40.0. The zero-order valence-electron chi connectivity index (χ0n) is 37.8. The number of hydrogen-bond acceptors (Lipinski definition) is 8. The summed E-state index contributed by atoms with van der Waals surface area (Å²) in [6.07, 6.45) is 39.7. The molecule has 1 amide bonds. The highest BCUT2D eigenvalue weighted by atomic mass is 16.7. The Morgan fingerprint density at radius 2 is 0.948 bits per heavy atom. The number of nitrogens with one attached hydrogen (secondary N) is 1. The number of carbonyl (C=O) groups excluding carboxylic acids is 1. The van der Waals surface area contributed by atoms with E-state index in [1.165, 1.54) is 180 Å². The Labute approximate surface area is 356 Å². The van der Waals surface area contributed by atoms with Crippen molar-refractivity contribution >= 4 is 5.91 Å². The average Bonchev–Trinajstić information content (AvgIpc) is 3.22. The maximum Gasteiger partial charge on any atom is 0.220 e. The van der Waals surface area contributed by atoms with Gasteiger partial charge in [-0.15, -0.1) is 0 Å². The van der Waals surface area contributed by atoms with Crippen molar-refractivity contribution in [3.8, 4) is 0 Å². The van der Waals surface area contributed by atoms with Crippen LogP contribution in [-0.2, 0) is 14.3 Å². The van der Waals surface area contributed by atoms with Gasteiger partial charge in [0.05, 0.1) is 25.4 Å². The van der Waals surface area contributed by atoms with Crippen LogP contribution < -0.4 is 5.32 Å². The molecule has 0 aromatic carbocycles. The summed E-state index contributed by atoms with van der Waals surface area (Å²) in [6, 6.07) is -0.798. The van der Waals surface area contributed by atoms with Gasteiger partial charge in [-0.3, -0.25) is 4.79 Å². The molecule has 1 aliphatic heterocycles. The third-order valence-corrected chi connectivity index (χ3v) is 12.1. The molecular formula is C49H95NO8. The standard InChI is InChI=1S/C49H95NO8/c1-3-5-7-9-11-13-15-17-19-21-23-25-27-29-31-33-35-37-39-45(53)50-42(41-57-49-48(56)47(55)46(54)44(40-51)58-49)43(52)38-36-34-32-30-28-26-24-22-20-18-16-14-12-10-8-6-4-2/h36,38,42-44,46-49,51-52,54-56H,3-35,37,39-41H2,1-2H3,(H,50,53)/b38-36+/t42-,43+,44+,46-,47?,48?,49+/m0/s1. The van der Waals surface area contributed by atoms with E-state index in [-0.39, 0.29) is 12.5 Å². The van der Waals surface area contributed by atoms with Gasteiger partial charge in [-0.25, -0.2) is 0 Å². The van der Waals surface area contributed by atoms with Gasteiger partial charge in [0.15, 0.2) is 6.29 Å². The first kappa shape index (κ1) is 54.9. The van der Waals surface area contributed by atoms with Gasteiger partial charge in [-0.05, 0) is 19.3 Å². The van der Waals surface area contributed by atoms with Crippen LogP contribution in [0.5, 0.6) is 0 Å². The van der Waals surface area contributed by atoms with Crippen LogP contribution in [0.2, 0.25) is 0 Å². The first-order valence-corrected chi connectivity index (χ1v) is 24.9. The number of rotatable bonds is 42. The number of carbonyl (C=O) groups is 1. The molecule has 0 bridgehead atoms. The number of aliphatic hydroxyl groups excluding tert-OH is 5. The highest BCUT2D eigenvalue weighted by Gasteiger charge is 2.44. The number of allylic oxidation sites excluding steroid dienone is 1. The summed E-state index contributed by atoms with van der Waals surface area (Å²) in [6.45, 7) is 3.80. The van der Waals surface area contributed by atoms with Crippen LogP contribution in [0.15, 0.2) is 12.2 Å². The Morgan fingerprint density at radius 1 is 0.569 bits per heavy atom. The number of ether oxygens (including phenoxy) is 2. The first-order chi connectivity index (χ1) is 28.3. The summed E-state index contributed by atoms with van der Waals surface area (Å²) in [5.41, 5.74) is 0. The minimum Gasteiger partial charge on any atom is -0.394 e. The maximum absolute atomic E-state index is 13.0. The van der Waals surface area contributed by atoms with E-state index < -0.39 is 49.5 Å². The Hall–Kier alpha value is -1.07. The fraction of sp³-hybridized carbons (Fsp3) is 0.939. The van der Waals surface area contributed by atoms with E-state index in [2.05, 4.69) is 19.2 Å². The highest BCUT2D eigenvalue weighted by Crippen LogP contribution is 2.23. The zero-order chi connectivity index (χ0) is 42.3. The molecule has 1 aliphatic rings. The Kier molecular flexibility index (Phi) is 37.9. The molecule has 9 heteroatoms. The van der Waals surface area contributed by atoms with Gasteiger partial charge in [-0.2, -0.15) is 0 Å². The quantitative estimate of drug-likeness (QED) is 0.0263. The van der Waals surface area contributed by atoms with Gasteiger partial charge in [0.2, 0.25) is 5.91 Å². The molecule has 0 aromatic heterocycles. The molecule has 9 nitrogen and oxygen atoms in total. The monoisotopic (exact) mass is 826 g/mol. The maximum atomic E-state index is 13.0. The van der Waals surface area contributed by atoms with Gasteiger partial charge >= 0.3 is 0 Å². The number of hydrogen-bond donors (Lipinski definition) is 6. The van der Waals surface area contributed by atoms with Gasteiger partial charge in [0.1, 0.15) is 24.4 Å². The minimum atomic E-state index is -1.56. The first-order valence-electron chi connectivity index (χ1n) is 24.9. The summed E-state index contributed by atoms with van der Waals surface area (Å²) in [7, 11) is 0. The number of amides is 1. The van der Waals surface area contributed by atoms with E-state index in [9.17, 15) is 30.3 Å². The number of aliphatic hydroxyl groups is 5. The molecule has 0 saturated carbocycles. The molecular weight excluding hydrogens is 731 g/mol. The zero-order valence-corrected chi connectivity index (χ0v) is 37.8. The Bertz CT molecular complexity index is 919. The van der Waals surface area contributed by atoms with E-state index in [0.717, 1.165) is 38.5 Å². The van der Waals surface area contributed by atoms with Crippen molar-refractivity contribution in [3.05, 3.63) is 12.2 Å². The van der Waals surface area contributed by atoms with E-state index >= 15 is 0 Å². The lowest BCUT2D eigenvalue weighted by Crippen LogP contribution is -2.60. The van der Waals surface area contributed by atoms with E-state index in [1.807, 2.05) is 6.08 Å². The summed E-state index contributed by atoms with van der Waals surface area (Å²) < 4.78 is 11.2. The predicted octanol–water partition coefficient (Wildman–Crippen LogP) is 10.9. The third-order valence-electron chi connectivity index (χ3n) is 12.1. The SMILES string of the molecule is CCCCCCCCCCCCCCCCC/C=C/[C@@H](O)[C@H](CO[C@@H]1O[C@H](CO)[C@H](O)C(O)C1O)NC(=O)CCCCCCCCCCCCCCCCCCCC. The fourth-order valence-corrected chi connectivity index (χ4v) is 8.10. The molecule has 0 aromatic rings. The summed E-state index contributed by atoms with van der Waals surface area (Å²) in [4.78, 5) is 13.0. The van der Waals surface area contributed by atoms with Gasteiger partial charge < -0.3 is 40.3 Å². The van der Waals surface area contributed by atoms with Gasteiger partial charge in [0.25, 0.3) is 0 Å². The molecule has 344 valence electrons. The molecule has 1 rings (SSSR count). The molecule has 0 radical (unpaired) electrons. The number of unbranched alkanes of at least 4 members (excludes halogenated alkanes) is 32. The molecule has 1 saturated heterocycles. The molecule has 0 spiro atoms. The smallest absolute Gasteiger partial charge is 0.220 e. The van der Waals surface area contributed by atoms with Crippen LogP contribution in [-0.4, -0.2) is 87.5 Å². The van der Waals surface area contributed by atoms with Crippen molar-refractivity contribution in [2.45, 2.75) is 281 Å². The molecule has 2 unspecified atom stereocenters. The van der Waals surface area contributed by atoms with E-state index in [0.29, 0.717) is 6.42 Å². The topological polar surface area (TPSA) is 149 Å². The molecule has 0 aliphatic carbocycles. The van der Waals surface area contributed by atoms with Crippen LogP contribution in [0.25, 0.3) is 0 Å². The van der Waals surface area contributed by atoms with Crippen LogP contribution in [0, 0.1) is 0 Å². The van der Waals surface area contributed by atoms with Crippen LogP contribution in [0.3, 0.4) is 0 Å². The van der Waals surface area contributed by atoms with Gasteiger partial charge in [-0.1, -0.05) is 225 Å². The Morgan fingerprint density at radius 3 is 1.34 bits per heavy atom. The van der Waals surface area contributed by atoms with Crippen molar-refractivity contribution in [1.29, 1.82) is 0 Å². The van der Waals surface area contributed by atoms with E-state index in [1.54, 1.807) is 6.08 Å². The van der Waals surface area contributed by atoms with Crippen molar-refractivity contribution in [3.63, 3.8) is 0 Å². The van der Waals surface area contributed by atoms with Crippen LogP contribution in [0.1, 0.15) is 239 Å². The lowest BCUT2D eigenvalue weighted by molar-refractivity contribution is -0.302. The van der Waals surface area contributed by atoms with Crippen molar-refractivity contribution in [1.82, 2.24) is 5.32 Å². The molecule has 1 fully saturated rings. The lowest BCUT2D eigenvalue weighted by atomic mass is 9.99. The van der Waals surface area contributed by atoms with Crippen molar-refractivity contribution in [2.24, 2.45) is 0 Å². The lowest BCUT2D eigenvalue weighted by Gasteiger charge is -2.40. The molecule has 1 heterocycles. The van der Waals surface area contributed by atoms with E-state index in [4.69, 9.17) is 9.47 Å². The average molecular weight is 826 g/mol. The summed E-state index contributed by atoms with van der Waals surface area (Å²) in [5, 5.41) is 54.3. The fourth-order valence-electron chi connectivity index (χ4n) is 8.10. The van der Waals surface area contributed by atoms with Crippen molar-refractivity contribution < 1.29 is 39.8 Å². The van der Waals surface area contributed by atoms with Crippen molar-refractivity contribution in [2.75, 3.05) is 13.2 Å². The Balaban J connectivity index is 2.31. The second-order valence-corrected chi connectivity index (χ2v) is 17.6. The minimum absolute atomic E-state index is 0.172. The molecule has 6 N–H and O–H groups in total. The summed E-state index contributed by atoms with van der Waals surface area (Å²) in [5.74, 6) is -0.172. The normalized spacial score (nSPS) is 20.8. The van der Waals surface area contributed by atoms with Gasteiger partial charge in [0, 0.05) is 6.42 Å². The molecule has 7 atom stereocenters. The second-order valence-electron chi connectivity index (χ2n) is 17.6.